The highest BCUT2D eigenvalue weighted by atomic mass is 32.2. The summed E-state index contributed by atoms with van der Waals surface area (Å²) in [6, 6.07) is 14.7. The molecule has 0 unspecified atom stereocenters. The number of aromatic nitrogens is 3. The number of nitrogens with zero attached hydrogens (tertiary/aromatic N) is 3. The minimum absolute atomic E-state index is 0.175. The van der Waals surface area contributed by atoms with Crippen LogP contribution in [0.4, 0.5) is 5.69 Å². The van der Waals surface area contributed by atoms with Crippen LogP contribution in [0.15, 0.2) is 66.3 Å². The van der Waals surface area contributed by atoms with Crippen LogP contribution in [0, 0.1) is 0 Å². The first kappa shape index (κ1) is 16.4. The van der Waals surface area contributed by atoms with Crippen molar-refractivity contribution in [2.45, 2.75) is 11.4 Å². The molecule has 2 N–H and O–H groups in total. The molecule has 0 fully saturated rings. The summed E-state index contributed by atoms with van der Waals surface area (Å²) in [7, 11) is 0. The number of nitrogens with one attached hydrogen (secondary N) is 1. The van der Waals surface area contributed by atoms with E-state index in [0.29, 0.717) is 22.5 Å². The average Bonchev–Trinajstić information content (AvgIpc) is 2.83. The molecule has 0 radical (unpaired) electrons. The number of anilines is 1. The fraction of sp³-hybridized carbons (Fsp3) is 0.105. The van der Waals surface area contributed by atoms with Crippen LogP contribution in [-0.4, -0.2) is 26.0 Å². The Morgan fingerprint density at radius 2 is 2.08 bits per heavy atom. The summed E-state index contributed by atoms with van der Waals surface area (Å²) in [4.78, 5) is 4.52. The SMILES string of the molecule is C=CCSc1nnc2c(n1)O[C@@H](c1cccc(O)c1)Nc1ccccc1-2. The number of ether oxygens (including phenoxy) is 1. The van der Waals surface area contributed by atoms with Crippen molar-refractivity contribution < 1.29 is 9.84 Å². The predicted octanol–water partition coefficient (Wildman–Crippen LogP) is 4.03. The molecule has 3 aromatic rings. The Bertz CT molecular complexity index is 964. The molecule has 26 heavy (non-hydrogen) atoms. The van der Waals surface area contributed by atoms with Crippen LogP contribution in [0.2, 0.25) is 0 Å². The molecule has 1 aromatic heterocycles. The summed E-state index contributed by atoms with van der Waals surface area (Å²) in [5.74, 6) is 1.26. The lowest BCUT2D eigenvalue weighted by atomic mass is 10.1. The van der Waals surface area contributed by atoms with Crippen molar-refractivity contribution in [1.82, 2.24) is 15.2 Å². The minimum atomic E-state index is -0.515. The summed E-state index contributed by atoms with van der Waals surface area (Å²) in [6.45, 7) is 3.71. The molecule has 1 aliphatic heterocycles. The lowest BCUT2D eigenvalue weighted by molar-refractivity contribution is 0.225. The van der Waals surface area contributed by atoms with Crippen LogP contribution < -0.4 is 10.1 Å². The van der Waals surface area contributed by atoms with E-state index >= 15 is 0 Å². The van der Waals surface area contributed by atoms with E-state index in [0.717, 1.165) is 16.8 Å². The zero-order valence-electron chi connectivity index (χ0n) is 13.8. The zero-order chi connectivity index (χ0) is 17.9. The lowest BCUT2D eigenvalue weighted by Crippen LogP contribution is -2.17. The highest BCUT2D eigenvalue weighted by Gasteiger charge is 2.26. The maximum absolute atomic E-state index is 9.81. The van der Waals surface area contributed by atoms with E-state index < -0.39 is 6.23 Å². The maximum Gasteiger partial charge on any atom is 0.247 e. The highest BCUT2D eigenvalue weighted by Crippen LogP contribution is 2.39. The first-order valence-electron chi connectivity index (χ1n) is 8.04. The van der Waals surface area contributed by atoms with Crippen molar-refractivity contribution in [1.29, 1.82) is 0 Å². The van der Waals surface area contributed by atoms with Crippen LogP contribution in [0.25, 0.3) is 11.3 Å². The van der Waals surface area contributed by atoms with E-state index in [1.807, 2.05) is 30.3 Å². The Hall–Kier alpha value is -3.06. The molecule has 0 amide bonds. The van der Waals surface area contributed by atoms with Gasteiger partial charge in [0.25, 0.3) is 0 Å². The van der Waals surface area contributed by atoms with Crippen molar-refractivity contribution in [2.75, 3.05) is 11.1 Å². The second kappa shape index (κ2) is 7.05. The molecule has 1 atom stereocenters. The molecule has 6 nitrogen and oxygen atoms in total. The van der Waals surface area contributed by atoms with Gasteiger partial charge in [0.15, 0.2) is 11.9 Å². The number of fused-ring (bicyclic) bond motifs is 3. The van der Waals surface area contributed by atoms with E-state index in [9.17, 15) is 5.11 Å². The standard InChI is InChI=1S/C19H16N4O2S/c1-2-10-26-19-21-18-16(22-23-19)14-8-3-4-9-15(14)20-17(25-18)12-6-5-7-13(24)11-12/h2-9,11,17,20,24H,1,10H2/t17-/m0/s1. The molecule has 0 saturated carbocycles. The molecule has 7 heteroatoms. The Kier molecular flexibility index (Phi) is 4.45. The van der Waals surface area contributed by atoms with Crippen molar-refractivity contribution in [2.24, 2.45) is 0 Å². The number of aromatic hydroxyl groups is 1. The third-order valence-electron chi connectivity index (χ3n) is 3.84. The van der Waals surface area contributed by atoms with Gasteiger partial charge in [-0.3, -0.25) is 0 Å². The quantitative estimate of drug-likeness (QED) is 0.534. The van der Waals surface area contributed by atoms with Gasteiger partial charge in [-0.15, -0.1) is 16.8 Å². The maximum atomic E-state index is 9.81. The largest absolute Gasteiger partial charge is 0.508 e. The zero-order valence-corrected chi connectivity index (χ0v) is 14.6. The molecule has 2 aromatic carbocycles. The van der Waals surface area contributed by atoms with E-state index in [4.69, 9.17) is 4.74 Å². The van der Waals surface area contributed by atoms with Crippen molar-refractivity contribution in [3.05, 3.63) is 66.7 Å². The minimum Gasteiger partial charge on any atom is -0.508 e. The van der Waals surface area contributed by atoms with Gasteiger partial charge in [-0.1, -0.05) is 48.2 Å². The molecule has 0 aliphatic carbocycles. The van der Waals surface area contributed by atoms with Crippen molar-refractivity contribution >= 4 is 17.4 Å². The molecule has 1 aliphatic rings. The number of rotatable bonds is 4. The third kappa shape index (κ3) is 3.21. The monoisotopic (exact) mass is 364 g/mol. The van der Waals surface area contributed by atoms with E-state index in [1.54, 1.807) is 24.3 Å². The first-order chi connectivity index (χ1) is 12.7. The summed E-state index contributed by atoms with van der Waals surface area (Å²) in [6.07, 6.45) is 1.27. The lowest BCUT2D eigenvalue weighted by Gasteiger charge is -2.19. The second-order valence-electron chi connectivity index (χ2n) is 5.63. The molecular formula is C19H16N4O2S. The van der Waals surface area contributed by atoms with Gasteiger partial charge in [-0.05, 0) is 18.2 Å². The second-order valence-corrected chi connectivity index (χ2v) is 6.62. The van der Waals surface area contributed by atoms with Gasteiger partial charge in [0, 0.05) is 22.6 Å². The topological polar surface area (TPSA) is 80.2 Å². The Balaban J connectivity index is 1.80. The van der Waals surface area contributed by atoms with Gasteiger partial charge in [-0.25, -0.2) is 0 Å². The fourth-order valence-electron chi connectivity index (χ4n) is 2.68. The predicted molar refractivity (Wildman–Crippen MR) is 101 cm³/mol. The summed E-state index contributed by atoms with van der Waals surface area (Å²) in [5.41, 5.74) is 3.10. The summed E-state index contributed by atoms with van der Waals surface area (Å²) in [5, 5.41) is 22.2. The van der Waals surface area contributed by atoms with Gasteiger partial charge >= 0.3 is 0 Å². The first-order valence-corrected chi connectivity index (χ1v) is 9.03. The Labute approximate surface area is 155 Å². The van der Waals surface area contributed by atoms with Crippen LogP contribution in [0.5, 0.6) is 11.6 Å². The van der Waals surface area contributed by atoms with Crippen LogP contribution in [0.3, 0.4) is 0 Å². The average molecular weight is 364 g/mol. The van der Waals surface area contributed by atoms with Gasteiger partial charge in [0.05, 0.1) is 0 Å². The third-order valence-corrected chi connectivity index (χ3v) is 4.67. The Morgan fingerprint density at radius 1 is 1.19 bits per heavy atom. The Morgan fingerprint density at radius 3 is 2.92 bits per heavy atom. The number of hydrogen-bond acceptors (Lipinski definition) is 7. The van der Waals surface area contributed by atoms with Crippen molar-refractivity contribution in [3.8, 4) is 22.9 Å². The number of phenols is 1. The highest BCUT2D eigenvalue weighted by molar-refractivity contribution is 7.99. The van der Waals surface area contributed by atoms with Crippen LogP contribution >= 0.6 is 11.8 Å². The number of para-hydroxylation sites is 1. The van der Waals surface area contributed by atoms with Gasteiger partial charge in [0.2, 0.25) is 11.0 Å². The molecular weight excluding hydrogens is 348 g/mol. The number of thioether (sulfide) groups is 1. The molecule has 4 rings (SSSR count). The number of benzene rings is 2. The molecule has 0 spiro atoms. The van der Waals surface area contributed by atoms with E-state index in [2.05, 4.69) is 27.1 Å². The van der Waals surface area contributed by atoms with Gasteiger partial charge < -0.3 is 15.2 Å². The smallest absolute Gasteiger partial charge is 0.247 e. The summed E-state index contributed by atoms with van der Waals surface area (Å²) < 4.78 is 6.13. The number of phenolic OH excluding ortho intramolecular Hbond substituents is 1. The fourth-order valence-corrected chi connectivity index (χ4v) is 3.19. The van der Waals surface area contributed by atoms with Crippen LogP contribution in [0.1, 0.15) is 11.8 Å². The van der Waals surface area contributed by atoms with Gasteiger partial charge in [0.1, 0.15) is 5.75 Å². The molecule has 130 valence electrons. The van der Waals surface area contributed by atoms with E-state index in [-0.39, 0.29) is 5.75 Å². The summed E-state index contributed by atoms with van der Waals surface area (Å²) >= 11 is 1.44. The normalized spacial score (nSPS) is 15.0. The van der Waals surface area contributed by atoms with Gasteiger partial charge in [-0.2, -0.15) is 4.98 Å². The number of hydrogen-bond donors (Lipinski definition) is 2. The molecule has 2 heterocycles. The molecule has 0 saturated heterocycles. The van der Waals surface area contributed by atoms with Crippen LogP contribution in [-0.2, 0) is 0 Å². The van der Waals surface area contributed by atoms with E-state index in [1.165, 1.54) is 11.8 Å². The van der Waals surface area contributed by atoms with Crippen molar-refractivity contribution in [3.63, 3.8) is 0 Å². The molecule has 0 bridgehead atoms.